The van der Waals surface area contributed by atoms with Crippen molar-refractivity contribution in [2.45, 2.75) is 0 Å². The van der Waals surface area contributed by atoms with Gasteiger partial charge >= 0.3 is 0 Å². The zero-order chi connectivity index (χ0) is 22.7. The van der Waals surface area contributed by atoms with E-state index in [-0.39, 0.29) is 10.7 Å². The zero-order valence-electron chi connectivity index (χ0n) is 17.1. The number of aromatic nitrogens is 1. The van der Waals surface area contributed by atoms with Crippen LogP contribution in [-0.2, 0) is 0 Å². The molecule has 0 aliphatic heterocycles. The van der Waals surface area contributed by atoms with Gasteiger partial charge in [0.15, 0.2) is 10.7 Å². The molecule has 2 N–H and O–H groups in total. The van der Waals surface area contributed by atoms with Gasteiger partial charge in [-0.2, -0.15) is 0 Å². The van der Waals surface area contributed by atoms with Crippen LogP contribution in [0, 0.1) is 0 Å². The van der Waals surface area contributed by atoms with E-state index in [1.165, 1.54) is 13.2 Å². The molecule has 1 aromatic heterocycles. The minimum atomic E-state index is -0.439. The summed E-state index contributed by atoms with van der Waals surface area (Å²) in [5, 5.41) is 6.14. The number of hydrogen-bond acceptors (Lipinski definition) is 6. The third kappa shape index (κ3) is 4.66. The first kappa shape index (κ1) is 21.6. The molecule has 4 rings (SSSR count). The highest BCUT2D eigenvalue weighted by molar-refractivity contribution is 7.80. The minimum Gasteiger partial charge on any atom is -0.497 e. The number of halogens is 1. The lowest BCUT2D eigenvalue weighted by molar-refractivity contribution is 0.0975. The summed E-state index contributed by atoms with van der Waals surface area (Å²) in [7, 11) is 3.09. The first-order valence-electron chi connectivity index (χ1n) is 9.47. The second-order valence-corrected chi connectivity index (χ2v) is 7.53. The van der Waals surface area contributed by atoms with E-state index in [2.05, 4.69) is 15.6 Å². The molecule has 0 saturated heterocycles. The van der Waals surface area contributed by atoms with Gasteiger partial charge in [-0.3, -0.25) is 10.1 Å². The van der Waals surface area contributed by atoms with Crippen molar-refractivity contribution >= 4 is 51.6 Å². The van der Waals surface area contributed by atoms with Gasteiger partial charge in [-0.25, -0.2) is 4.98 Å². The van der Waals surface area contributed by atoms with E-state index in [0.717, 1.165) is 11.3 Å². The van der Waals surface area contributed by atoms with Crippen LogP contribution in [0.3, 0.4) is 0 Å². The standard InChI is InChI=1S/C23H18ClN3O4S/c1-29-16-7-3-13(4-8-16)22-26-18-12-15(6-10-20(18)31-22)25-23(32)27-21(28)17-11-14(24)5-9-19(17)30-2/h3-12H,1-2H3,(H2,25,27,28,32). The number of hydrogen-bond donors (Lipinski definition) is 2. The number of thiocarbonyl (C=S) groups is 1. The summed E-state index contributed by atoms with van der Waals surface area (Å²) >= 11 is 11.3. The van der Waals surface area contributed by atoms with E-state index >= 15 is 0 Å². The molecule has 4 aromatic rings. The summed E-state index contributed by atoms with van der Waals surface area (Å²) in [4.78, 5) is 17.1. The molecule has 32 heavy (non-hydrogen) atoms. The smallest absolute Gasteiger partial charge is 0.261 e. The number of amides is 1. The molecule has 1 heterocycles. The number of carbonyl (C=O) groups is 1. The second-order valence-electron chi connectivity index (χ2n) is 6.68. The molecular formula is C23H18ClN3O4S. The van der Waals surface area contributed by atoms with E-state index in [4.69, 9.17) is 37.7 Å². The van der Waals surface area contributed by atoms with Gasteiger partial charge in [-0.1, -0.05) is 11.6 Å². The average Bonchev–Trinajstić information content (AvgIpc) is 3.22. The van der Waals surface area contributed by atoms with Crippen LogP contribution in [0.4, 0.5) is 5.69 Å². The van der Waals surface area contributed by atoms with Crippen LogP contribution < -0.4 is 20.1 Å². The monoisotopic (exact) mass is 467 g/mol. The summed E-state index contributed by atoms with van der Waals surface area (Å²) in [6.45, 7) is 0. The number of rotatable bonds is 5. The maximum atomic E-state index is 12.6. The number of carbonyl (C=O) groups excluding carboxylic acids is 1. The van der Waals surface area contributed by atoms with Crippen molar-refractivity contribution in [1.29, 1.82) is 0 Å². The Bertz CT molecular complexity index is 1300. The van der Waals surface area contributed by atoms with E-state index in [1.54, 1.807) is 37.4 Å². The molecule has 7 nitrogen and oxygen atoms in total. The minimum absolute atomic E-state index is 0.121. The molecule has 0 fully saturated rings. The van der Waals surface area contributed by atoms with Crippen molar-refractivity contribution in [2.75, 3.05) is 19.5 Å². The molecule has 0 radical (unpaired) electrons. The number of oxazole rings is 1. The zero-order valence-corrected chi connectivity index (χ0v) is 18.7. The van der Waals surface area contributed by atoms with Gasteiger partial charge in [-0.05, 0) is 72.9 Å². The molecule has 0 unspecified atom stereocenters. The van der Waals surface area contributed by atoms with Gasteiger partial charge in [-0.15, -0.1) is 0 Å². The fourth-order valence-electron chi connectivity index (χ4n) is 3.05. The third-order valence-electron chi connectivity index (χ3n) is 4.62. The largest absolute Gasteiger partial charge is 0.497 e. The molecular weight excluding hydrogens is 450 g/mol. The summed E-state index contributed by atoms with van der Waals surface area (Å²) in [6, 6.07) is 17.5. The molecule has 0 spiro atoms. The number of nitrogens with zero attached hydrogens (tertiary/aromatic N) is 1. The highest BCUT2D eigenvalue weighted by atomic mass is 35.5. The Hall–Kier alpha value is -3.62. The molecule has 0 saturated carbocycles. The van der Waals surface area contributed by atoms with Crippen molar-refractivity contribution in [3.63, 3.8) is 0 Å². The van der Waals surface area contributed by atoms with Crippen LogP contribution in [0.1, 0.15) is 10.4 Å². The highest BCUT2D eigenvalue weighted by Gasteiger charge is 2.15. The normalized spacial score (nSPS) is 10.6. The first-order valence-corrected chi connectivity index (χ1v) is 10.3. The maximum Gasteiger partial charge on any atom is 0.261 e. The van der Waals surface area contributed by atoms with Crippen LogP contribution >= 0.6 is 23.8 Å². The average molecular weight is 468 g/mol. The molecule has 0 aliphatic rings. The lowest BCUT2D eigenvalue weighted by atomic mass is 10.2. The van der Waals surface area contributed by atoms with Gasteiger partial charge < -0.3 is 19.2 Å². The number of methoxy groups -OCH3 is 2. The first-order chi connectivity index (χ1) is 15.5. The van der Waals surface area contributed by atoms with E-state index in [0.29, 0.717) is 33.4 Å². The maximum absolute atomic E-state index is 12.6. The van der Waals surface area contributed by atoms with Crippen molar-refractivity contribution in [1.82, 2.24) is 10.3 Å². The van der Waals surface area contributed by atoms with Crippen molar-refractivity contribution in [3.05, 3.63) is 71.2 Å². The Morgan fingerprint density at radius 1 is 1.03 bits per heavy atom. The van der Waals surface area contributed by atoms with E-state index in [1.807, 2.05) is 24.3 Å². The van der Waals surface area contributed by atoms with Crippen LogP contribution in [0.25, 0.3) is 22.6 Å². The predicted molar refractivity (Wildman–Crippen MR) is 128 cm³/mol. The summed E-state index contributed by atoms with van der Waals surface area (Å²) < 4.78 is 16.2. The van der Waals surface area contributed by atoms with Gasteiger partial charge in [0, 0.05) is 16.3 Å². The second kappa shape index (κ2) is 9.25. The van der Waals surface area contributed by atoms with E-state index < -0.39 is 5.91 Å². The van der Waals surface area contributed by atoms with Crippen molar-refractivity contribution in [2.24, 2.45) is 0 Å². The Labute approximate surface area is 194 Å². The third-order valence-corrected chi connectivity index (χ3v) is 5.05. The Morgan fingerprint density at radius 2 is 1.81 bits per heavy atom. The molecule has 0 aliphatic carbocycles. The predicted octanol–water partition coefficient (Wildman–Crippen LogP) is 5.29. The lowest BCUT2D eigenvalue weighted by Gasteiger charge is -2.12. The number of anilines is 1. The fraction of sp³-hybridized carbons (Fsp3) is 0.0870. The van der Waals surface area contributed by atoms with Gasteiger partial charge in [0.1, 0.15) is 17.0 Å². The molecule has 0 bridgehead atoms. The fourth-order valence-corrected chi connectivity index (χ4v) is 3.44. The van der Waals surface area contributed by atoms with Crippen molar-refractivity contribution in [3.8, 4) is 23.0 Å². The summed E-state index contributed by atoms with van der Waals surface area (Å²) in [5.74, 6) is 1.20. The van der Waals surface area contributed by atoms with Gasteiger partial charge in [0.2, 0.25) is 5.89 Å². The number of ether oxygens (including phenoxy) is 2. The van der Waals surface area contributed by atoms with Gasteiger partial charge in [0.05, 0.1) is 19.8 Å². The lowest BCUT2D eigenvalue weighted by Crippen LogP contribution is -2.34. The molecule has 0 atom stereocenters. The summed E-state index contributed by atoms with van der Waals surface area (Å²) in [6.07, 6.45) is 0. The number of nitrogens with one attached hydrogen (secondary N) is 2. The quantitative estimate of drug-likeness (QED) is 0.385. The Kier molecular flexibility index (Phi) is 6.25. The van der Waals surface area contributed by atoms with Crippen LogP contribution in [0.15, 0.2) is 65.1 Å². The molecule has 3 aromatic carbocycles. The van der Waals surface area contributed by atoms with Crippen LogP contribution in [0.5, 0.6) is 11.5 Å². The Morgan fingerprint density at radius 3 is 2.53 bits per heavy atom. The SMILES string of the molecule is COc1ccc(-c2nc3cc(NC(=S)NC(=O)c4cc(Cl)ccc4OC)ccc3o2)cc1. The van der Waals surface area contributed by atoms with Crippen LogP contribution in [0.2, 0.25) is 5.02 Å². The summed E-state index contributed by atoms with van der Waals surface area (Å²) in [5.41, 5.74) is 3.02. The van der Waals surface area contributed by atoms with Gasteiger partial charge in [0.25, 0.3) is 5.91 Å². The number of fused-ring (bicyclic) bond motifs is 1. The molecule has 1 amide bonds. The molecule has 162 valence electrons. The van der Waals surface area contributed by atoms with Crippen LogP contribution in [-0.4, -0.2) is 30.2 Å². The van der Waals surface area contributed by atoms with E-state index in [9.17, 15) is 4.79 Å². The topological polar surface area (TPSA) is 85.6 Å². The Balaban J connectivity index is 1.48. The number of benzene rings is 3. The highest BCUT2D eigenvalue weighted by Crippen LogP contribution is 2.27. The van der Waals surface area contributed by atoms with Crippen molar-refractivity contribution < 1.29 is 18.7 Å². The molecule has 9 heteroatoms.